The second-order valence-corrected chi connectivity index (χ2v) is 4.93. The Hall–Kier alpha value is -1.91. The van der Waals surface area contributed by atoms with Crippen molar-refractivity contribution in [3.63, 3.8) is 0 Å². The Labute approximate surface area is 126 Å². The summed E-state index contributed by atoms with van der Waals surface area (Å²) in [5.41, 5.74) is 3.30. The van der Waals surface area contributed by atoms with E-state index in [1.165, 1.54) is 5.56 Å². The molecule has 112 valence electrons. The molecule has 1 aromatic carbocycles. The van der Waals surface area contributed by atoms with Gasteiger partial charge in [-0.05, 0) is 36.8 Å². The number of rotatable bonds is 7. The van der Waals surface area contributed by atoms with E-state index in [1.54, 1.807) is 14.2 Å². The molecule has 0 fully saturated rings. The van der Waals surface area contributed by atoms with Crippen molar-refractivity contribution in [1.29, 1.82) is 0 Å². The molecular formula is C17H22N2O2. The quantitative estimate of drug-likeness (QED) is 0.849. The zero-order chi connectivity index (χ0) is 15.1. The summed E-state index contributed by atoms with van der Waals surface area (Å²) >= 11 is 0. The molecule has 0 bridgehead atoms. The van der Waals surface area contributed by atoms with Gasteiger partial charge < -0.3 is 14.8 Å². The number of hydrogen-bond donors (Lipinski definition) is 1. The first-order valence-corrected chi connectivity index (χ1v) is 7.03. The van der Waals surface area contributed by atoms with Crippen LogP contribution in [0.3, 0.4) is 0 Å². The summed E-state index contributed by atoms with van der Waals surface area (Å²) in [7, 11) is 3.37. The van der Waals surface area contributed by atoms with Crippen LogP contribution in [0.5, 0.6) is 5.75 Å². The van der Waals surface area contributed by atoms with E-state index in [0.29, 0.717) is 6.61 Å². The van der Waals surface area contributed by atoms with Gasteiger partial charge in [0, 0.05) is 31.5 Å². The fraction of sp³-hybridized carbons (Fsp3) is 0.353. The molecule has 21 heavy (non-hydrogen) atoms. The van der Waals surface area contributed by atoms with Gasteiger partial charge in [-0.2, -0.15) is 0 Å². The second kappa shape index (κ2) is 7.76. The lowest BCUT2D eigenvalue weighted by Crippen LogP contribution is -2.19. The Kier molecular flexibility index (Phi) is 5.72. The van der Waals surface area contributed by atoms with Gasteiger partial charge in [-0.25, -0.2) is 0 Å². The topological polar surface area (TPSA) is 43.4 Å². The lowest BCUT2D eigenvalue weighted by Gasteiger charge is -2.16. The average molecular weight is 286 g/mol. The first-order valence-electron chi connectivity index (χ1n) is 7.03. The van der Waals surface area contributed by atoms with Crippen molar-refractivity contribution in [3.8, 4) is 5.75 Å². The molecule has 0 amide bonds. The largest absolute Gasteiger partial charge is 0.496 e. The van der Waals surface area contributed by atoms with Gasteiger partial charge in [-0.3, -0.25) is 4.98 Å². The molecule has 0 radical (unpaired) electrons. The number of hydrogen-bond acceptors (Lipinski definition) is 4. The van der Waals surface area contributed by atoms with Gasteiger partial charge >= 0.3 is 0 Å². The van der Waals surface area contributed by atoms with Crippen LogP contribution < -0.4 is 10.1 Å². The highest BCUT2D eigenvalue weighted by molar-refractivity contribution is 5.38. The Bertz CT molecular complexity index is 558. The highest BCUT2D eigenvalue weighted by Gasteiger charge is 2.09. The van der Waals surface area contributed by atoms with E-state index in [-0.39, 0.29) is 6.04 Å². The molecular weight excluding hydrogens is 264 g/mol. The van der Waals surface area contributed by atoms with E-state index in [2.05, 4.69) is 29.4 Å². The van der Waals surface area contributed by atoms with E-state index < -0.39 is 0 Å². The summed E-state index contributed by atoms with van der Waals surface area (Å²) < 4.78 is 10.6. The van der Waals surface area contributed by atoms with E-state index in [9.17, 15) is 0 Å². The van der Waals surface area contributed by atoms with Crippen LogP contribution in [0.4, 0.5) is 0 Å². The third-order valence-electron chi connectivity index (χ3n) is 3.42. The van der Waals surface area contributed by atoms with E-state index in [0.717, 1.165) is 23.6 Å². The molecule has 1 heterocycles. The first-order chi connectivity index (χ1) is 10.2. The number of nitrogens with zero attached hydrogens (tertiary/aromatic N) is 1. The lowest BCUT2D eigenvalue weighted by molar-refractivity contribution is 0.181. The predicted molar refractivity (Wildman–Crippen MR) is 83.2 cm³/mol. The number of nitrogens with one attached hydrogen (secondary N) is 1. The third kappa shape index (κ3) is 4.28. The van der Waals surface area contributed by atoms with E-state index >= 15 is 0 Å². The molecule has 0 aliphatic carbocycles. The molecule has 0 saturated carbocycles. The van der Waals surface area contributed by atoms with Gasteiger partial charge in [0.1, 0.15) is 5.75 Å². The van der Waals surface area contributed by atoms with Crippen molar-refractivity contribution in [1.82, 2.24) is 10.3 Å². The summed E-state index contributed by atoms with van der Waals surface area (Å²) in [6.07, 6.45) is 1.81. The van der Waals surface area contributed by atoms with Crippen LogP contribution in [0.15, 0.2) is 42.6 Å². The summed E-state index contributed by atoms with van der Waals surface area (Å²) in [5.74, 6) is 0.859. The normalized spacial score (nSPS) is 12.1. The molecule has 4 heteroatoms. The highest BCUT2D eigenvalue weighted by atomic mass is 16.5. The third-order valence-corrected chi connectivity index (χ3v) is 3.42. The number of ether oxygens (including phenoxy) is 2. The Balaban J connectivity index is 2.04. The van der Waals surface area contributed by atoms with Crippen molar-refractivity contribution in [2.75, 3.05) is 14.2 Å². The highest BCUT2D eigenvalue weighted by Crippen LogP contribution is 2.24. The van der Waals surface area contributed by atoms with Gasteiger partial charge in [-0.1, -0.05) is 12.1 Å². The molecule has 0 saturated heterocycles. The van der Waals surface area contributed by atoms with Crippen LogP contribution >= 0.6 is 0 Å². The van der Waals surface area contributed by atoms with E-state index in [4.69, 9.17) is 9.47 Å². The Morgan fingerprint density at radius 1 is 1.19 bits per heavy atom. The van der Waals surface area contributed by atoms with E-state index in [1.807, 2.05) is 30.5 Å². The summed E-state index contributed by atoms with van der Waals surface area (Å²) in [6, 6.07) is 12.4. The second-order valence-electron chi connectivity index (χ2n) is 4.93. The van der Waals surface area contributed by atoms with Crippen LogP contribution in [0.2, 0.25) is 0 Å². The van der Waals surface area contributed by atoms with Gasteiger partial charge in [0.25, 0.3) is 0 Å². The molecule has 1 aromatic heterocycles. The summed E-state index contributed by atoms with van der Waals surface area (Å²) in [4.78, 5) is 4.32. The number of aromatic nitrogens is 1. The molecule has 1 unspecified atom stereocenters. The molecule has 2 rings (SSSR count). The van der Waals surface area contributed by atoms with Crippen molar-refractivity contribution >= 4 is 0 Å². The first kappa shape index (κ1) is 15.5. The van der Waals surface area contributed by atoms with Crippen molar-refractivity contribution in [3.05, 3.63) is 59.4 Å². The zero-order valence-corrected chi connectivity index (χ0v) is 12.8. The maximum absolute atomic E-state index is 5.35. The van der Waals surface area contributed by atoms with Crippen LogP contribution in [0.1, 0.15) is 29.8 Å². The Morgan fingerprint density at radius 2 is 2.05 bits per heavy atom. The summed E-state index contributed by atoms with van der Waals surface area (Å²) in [5, 5.41) is 3.48. The SMILES string of the molecule is COCc1cc(C(C)NCc2ccccn2)ccc1OC. The molecule has 2 aromatic rings. The van der Waals surface area contributed by atoms with Gasteiger partial charge in [0.05, 0.1) is 19.4 Å². The Morgan fingerprint density at radius 3 is 2.71 bits per heavy atom. The molecule has 1 atom stereocenters. The smallest absolute Gasteiger partial charge is 0.124 e. The fourth-order valence-corrected chi connectivity index (χ4v) is 2.21. The molecule has 4 nitrogen and oxygen atoms in total. The summed E-state index contributed by atoms with van der Waals surface area (Å²) in [6.45, 7) is 3.43. The molecule has 0 aliphatic rings. The minimum atomic E-state index is 0.230. The van der Waals surface area contributed by atoms with Crippen LogP contribution in [-0.4, -0.2) is 19.2 Å². The van der Waals surface area contributed by atoms with Crippen LogP contribution in [-0.2, 0) is 17.9 Å². The number of benzene rings is 1. The maximum Gasteiger partial charge on any atom is 0.124 e. The lowest BCUT2D eigenvalue weighted by atomic mass is 10.0. The predicted octanol–water partition coefficient (Wildman–Crippen LogP) is 3.09. The molecule has 0 aliphatic heterocycles. The monoisotopic (exact) mass is 286 g/mol. The minimum absolute atomic E-state index is 0.230. The van der Waals surface area contributed by atoms with Crippen molar-refractivity contribution < 1.29 is 9.47 Å². The van der Waals surface area contributed by atoms with Crippen molar-refractivity contribution in [2.24, 2.45) is 0 Å². The number of methoxy groups -OCH3 is 2. The maximum atomic E-state index is 5.35. The minimum Gasteiger partial charge on any atom is -0.496 e. The fourth-order valence-electron chi connectivity index (χ4n) is 2.21. The van der Waals surface area contributed by atoms with Crippen molar-refractivity contribution in [2.45, 2.75) is 26.1 Å². The van der Waals surface area contributed by atoms with Gasteiger partial charge in [0.15, 0.2) is 0 Å². The van der Waals surface area contributed by atoms with Crippen LogP contribution in [0, 0.1) is 0 Å². The standard InChI is InChI=1S/C17H22N2O2/c1-13(19-11-16-6-4-5-9-18-16)14-7-8-17(21-3)15(10-14)12-20-2/h4-10,13,19H,11-12H2,1-3H3. The molecule has 0 spiro atoms. The van der Waals surface area contributed by atoms with Gasteiger partial charge in [-0.15, -0.1) is 0 Å². The number of pyridine rings is 1. The molecule has 1 N–H and O–H groups in total. The van der Waals surface area contributed by atoms with Gasteiger partial charge in [0.2, 0.25) is 0 Å². The zero-order valence-electron chi connectivity index (χ0n) is 12.8. The average Bonchev–Trinajstić information content (AvgIpc) is 2.54. The van der Waals surface area contributed by atoms with Crippen LogP contribution in [0.25, 0.3) is 0 Å².